The van der Waals surface area contributed by atoms with Crippen molar-refractivity contribution in [1.29, 1.82) is 0 Å². The molecule has 6 nitrogen and oxygen atoms in total. The zero-order chi connectivity index (χ0) is 45.9. The number of aliphatic hydroxyl groups is 4. The van der Waals surface area contributed by atoms with Gasteiger partial charge in [0.1, 0.15) is 12.2 Å². The molecular formula is C57H113NO5. The SMILES string of the molecule is CCCCCCCCCCCCCCCCCCCCCCCCCCCCC/C=C/CCCC(O)C(O)C(CO)NC(=O)C(O)CCCCCCCCCCCCCCCCC. The summed E-state index contributed by atoms with van der Waals surface area (Å²) in [6.07, 6.45) is 61.6. The summed E-state index contributed by atoms with van der Waals surface area (Å²) < 4.78 is 0. The molecule has 0 radical (unpaired) electrons. The molecule has 0 aromatic carbocycles. The molecule has 0 aliphatic heterocycles. The molecule has 0 aromatic rings. The highest BCUT2D eigenvalue weighted by atomic mass is 16.3. The smallest absolute Gasteiger partial charge is 0.249 e. The molecule has 4 unspecified atom stereocenters. The molecular weight excluding hydrogens is 779 g/mol. The lowest BCUT2D eigenvalue weighted by atomic mass is 10.00. The van der Waals surface area contributed by atoms with E-state index in [9.17, 15) is 25.2 Å². The average molecular weight is 893 g/mol. The Morgan fingerprint density at radius 2 is 0.651 bits per heavy atom. The molecule has 0 aliphatic rings. The molecule has 0 fully saturated rings. The summed E-state index contributed by atoms with van der Waals surface area (Å²) in [5, 5.41) is 43.9. The molecule has 0 saturated heterocycles. The molecule has 63 heavy (non-hydrogen) atoms. The van der Waals surface area contributed by atoms with Crippen LogP contribution >= 0.6 is 0 Å². The van der Waals surface area contributed by atoms with Crippen molar-refractivity contribution >= 4 is 5.91 Å². The van der Waals surface area contributed by atoms with E-state index in [2.05, 4.69) is 31.3 Å². The number of aliphatic hydroxyl groups excluding tert-OH is 4. The molecule has 5 N–H and O–H groups in total. The first-order chi connectivity index (χ1) is 31.0. The molecule has 376 valence electrons. The van der Waals surface area contributed by atoms with Crippen molar-refractivity contribution in [1.82, 2.24) is 5.32 Å². The summed E-state index contributed by atoms with van der Waals surface area (Å²) >= 11 is 0. The van der Waals surface area contributed by atoms with Crippen LogP contribution in [0.4, 0.5) is 0 Å². The number of hydrogen-bond acceptors (Lipinski definition) is 5. The van der Waals surface area contributed by atoms with Crippen molar-refractivity contribution < 1.29 is 25.2 Å². The van der Waals surface area contributed by atoms with Gasteiger partial charge in [0, 0.05) is 0 Å². The highest BCUT2D eigenvalue weighted by Gasteiger charge is 2.28. The number of hydrogen-bond donors (Lipinski definition) is 5. The van der Waals surface area contributed by atoms with Crippen molar-refractivity contribution in [3.8, 4) is 0 Å². The van der Waals surface area contributed by atoms with Gasteiger partial charge < -0.3 is 25.7 Å². The first-order valence-electron chi connectivity index (χ1n) is 28.6. The van der Waals surface area contributed by atoms with Crippen molar-refractivity contribution in [2.75, 3.05) is 6.61 Å². The van der Waals surface area contributed by atoms with Crippen LogP contribution in [0.2, 0.25) is 0 Å². The van der Waals surface area contributed by atoms with E-state index in [0.29, 0.717) is 12.8 Å². The van der Waals surface area contributed by atoms with Gasteiger partial charge in [0.2, 0.25) is 5.91 Å². The van der Waals surface area contributed by atoms with E-state index < -0.39 is 36.9 Å². The van der Waals surface area contributed by atoms with Crippen LogP contribution in [0.1, 0.15) is 316 Å². The van der Waals surface area contributed by atoms with Gasteiger partial charge in [-0.15, -0.1) is 0 Å². The first kappa shape index (κ1) is 62.1. The van der Waals surface area contributed by atoms with Crippen LogP contribution < -0.4 is 5.32 Å². The zero-order valence-corrected chi connectivity index (χ0v) is 42.6. The molecule has 0 aliphatic carbocycles. The second-order valence-electron chi connectivity index (χ2n) is 20.0. The third kappa shape index (κ3) is 46.0. The molecule has 4 atom stereocenters. The van der Waals surface area contributed by atoms with Crippen LogP contribution in [-0.4, -0.2) is 57.3 Å². The lowest BCUT2D eigenvalue weighted by Crippen LogP contribution is -2.53. The second kappa shape index (κ2) is 52.0. The van der Waals surface area contributed by atoms with Crippen LogP contribution in [0.25, 0.3) is 0 Å². The number of carbonyl (C=O) groups is 1. The lowest BCUT2D eigenvalue weighted by Gasteiger charge is -2.27. The summed E-state index contributed by atoms with van der Waals surface area (Å²) in [6.45, 7) is 4.07. The number of rotatable bonds is 53. The topological polar surface area (TPSA) is 110 Å². The average Bonchev–Trinajstić information content (AvgIpc) is 3.29. The highest BCUT2D eigenvalue weighted by Crippen LogP contribution is 2.18. The fourth-order valence-corrected chi connectivity index (χ4v) is 9.23. The van der Waals surface area contributed by atoms with Crippen LogP contribution in [0.3, 0.4) is 0 Å². The van der Waals surface area contributed by atoms with E-state index in [1.165, 1.54) is 250 Å². The Morgan fingerprint density at radius 1 is 0.381 bits per heavy atom. The van der Waals surface area contributed by atoms with Crippen molar-refractivity contribution in [3.05, 3.63) is 12.2 Å². The van der Waals surface area contributed by atoms with Gasteiger partial charge in [0.05, 0.1) is 18.8 Å². The van der Waals surface area contributed by atoms with Gasteiger partial charge >= 0.3 is 0 Å². The van der Waals surface area contributed by atoms with E-state index >= 15 is 0 Å². The summed E-state index contributed by atoms with van der Waals surface area (Å²) in [4.78, 5) is 12.6. The Bertz CT molecular complexity index is 913. The third-order valence-corrected chi connectivity index (χ3v) is 13.7. The number of nitrogens with one attached hydrogen (secondary N) is 1. The van der Waals surface area contributed by atoms with Gasteiger partial charge in [-0.3, -0.25) is 4.79 Å². The quantitative estimate of drug-likeness (QED) is 0.0309. The fraction of sp³-hybridized carbons (Fsp3) is 0.947. The molecule has 0 rings (SSSR count). The maximum atomic E-state index is 12.6. The van der Waals surface area contributed by atoms with Crippen molar-refractivity contribution in [3.63, 3.8) is 0 Å². The molecule has 6 heteroatoms. The van der Waals surface area contributed by atoms with Crippen LogP contribution in [0.5, 0.6) is 0 Å². The summed E-state index contributed by atoms with van der Waals surface area (Å²) in [5.74, 6) is -0.588. The third-order valence-electron chi connectivity index (χ3n) is 13.7. The van der Waals surface area contributed by atoms with E-state index in [1.807, 2.05) is 0 Å². The minimum atomic E-state index is -1.28. The number of allylic oxidation sites excluding steroid dienone is 2. The summed E-state index contributed by atoms with van der Waals surface area (Å²) in [5.41, 5.74) is 0. The van der Waals surface area contributed by atoms with Crippen LogP contribution in [0, 0.1) is 0 Å². The Kier molecular flexibility index (Phi) is 51.2. The molecule has 0 bridgehead atoms. The minimum Gasteiger partial charge on any atom is -0.394 e. The molecule has 0 spiro atoms. The Morgan fingerprint density at radius 3 is 0.952 bits per heavy atom. The summed E-state index contributed by atoms with van der Waals surface area (Å²) in [7, 11) is 0. The molecule has 0 saturated carbocycles. The Balaban J connectivity index is 3.57. The van der Waals surface area contributed by atoms with Crippen LogP contribution in [0.15, 0.2) is 12.2 Å². The second-order valence-corrected chi connectivity index (χ2v) is 20.0. The first-order valence-corrected chi connectivity index (χ1v) is 28.6. The van der Waals surface area contributed by atoms with Gasteiger partial charge in [-0.2, -0.15) is 0 Å². The van der Waals surface area contributed by atoms with Gasteiger partial charge in [-0.05, 0) is 38.5 Å². The normalized spacial score (nSPS) is 13.8. The Hall–Kier alpha value is -0.950. The van der Waals surface area contributed by atoms with Crippen LogP contribution in [-0.2, 0) is 4.79 Å². The number of amides is 1. The van der Waals surface area contributed by atoms with E-state index in [0.717, 1.165) is 38.5 Å². The predicted octanol–water partition coefficient (Wildman–Crippen LogP) is 16.5. The summed E-state index contributed by atoms with van der Waals surface area (Å²) in [6, 6.07) is -0.998. The predicted molar refractivity (Wildman–Crippen MR) is 275 cm³/mol. The van der Waals surface area contributed by atoms with E-state index in [1.54, 1.807) is 0 Å². The molecule has 1 amide bonds. The maximum Gasteiger partial charge on any atom is 0.249 e. The lowest BCUT2D eigenvalue weighted by molar-refractivity contribution is -0.132. The highest BCUT2D eigenvalue weighted by molar-refractivity contribution is 5.80. The minimum absolute atomic E-state index is 0.368. The maximum absolute atomic E-state index is 12.6. The molecule has 0 aromatic heterocycles. The monoisotopic (exact) mass is 892 g/mol. The van der Waals surface area contributed by atoms with E-state index in [-0.39, 0.29) is 0 Å². The number of carbonyl (C=O) groups excluding carboxylic acids is 1. The standard InChI is InChI=1S/C57H113NO5/c1-3-5-7-9-11-13-15-17-19-20-21-22-23-24-25-26-27-28-29-30-31-32-33-34-35-37-38-40-42-44-46-48-50-54(60)56(62)53(52-59)58-57(63)55(61)51-49-47-45-43-41-39-36-18-16-14-12-10-8-6-4-2/h42,44,53-56,59-62H,3-41,43,45-52H2,1-2H3,(H,58,63)/b44-42+. The van der Waals surface area contributed by atoms with Gasteiger partial charge in [0.15, 0.2) is 0 Å². The van der Waals surface area contributed by atoms with Gasteiger partial charge in [-0.1, -0.05) is 289 Å². The largest absolute Gasteiger partial charge is 0.394 e. The fourth-order valence-electron chi connectivity index (χ4n) is 9.23. The van der Waals surface area contributed by atoms with Crippen molar-refractivity contribution in [2.45, 2.75) is 340 Å². The zero-order valence-electron chi connectivity index (χ0n) is 42.6. The Labute approximate surface area is 393 Å². The van der Waals surface area contributed by atoms with Gasteiger partial charge in [-0.25, -0.2) is 0 Å². The number of unbranched alkanes of at least 4 members (excludes halogenated alkanes) is 42. The van der Waals surface area contributed by atoms with E-state index in [4.69, 9.17) is 0 Å². The van der Waals surface area contributed by atoms with Crippen molar-refractivity contribution in [2.24, 2.45) is 0 Å². The van der Waals surface area contributed by atoms with Gasteiger partial charge in [0.25, 0.3) is 0 Å². The molecule has 0 heterocycles.